The third-order valence-electron chi connectivity index (χ3n) is 4.02. The molecule has 2 N–H and O–H groups in total. The summed E-state index contributed by atoms with van der Waals surface area (Å²) in [7, 11) is 1.53. The van der Waals surface area contributed by atoms with E-state index in [0.29, 0.717) is 41.2 Å². The van der Waals surface area contributed by atoms with Crippen molar-refractivity contribution in [3.05, 3.63) is 22.7 Å². The molecule has 0 spiro atoms. The molecule has 1 atom stereocenters. The molecule has 1 saturated heterocycles. The minimum atomic E-state index is -0.142. The number of hydrogen-bond acceptors (Lipinski definition) is 4. The van der Waals surface area contributed by atoms with E-state index in [1.807, 2.05) is 6.92 Å². The Bertz CT molecular complexity index is 531. The summed E-state index contributed by atoms with van der Waals surface area (Å²) in [6.45, 7) is 5.16. The van der Waals surface area contributed by atoms with E-state index in [1.165, 1.54) is 20.0 Å². The number of nitrogens with one attached hydrogen (secondary N) is 2. The van der Waals surface area contributed by atoms with Crippen LogP contribution in [0.5, 0.6) is 11.5 Å². The Morgan fingerprint density at radius 2 is 2.30 bits per heavy atom. The van der Waals surface area contributed by atoms with Gasteiger partial charge >= 0.3 is 0 Å². The van der Waals surface area contributed by atoms with Crippen LogP contribution >= 0.6 is 11.6 Å². The predicted molar refractivity (Wildman–Crippen MR) is 91.7 cm³/mol. The van der Waals surface area contributed by atoms with E-state index in [1.54, 1.807) is 12.1 Å². The molecule has 1 heterocycles. The summed E-state index contributed by atoms with van der Waals surface area (Å²) in [6.07, 6.45) is 3.43. The molecular formula is C17H25ClN2O3. The highest BCUT2D eigenvalue weighted by molar-refractivity contribution is 6.32. The molecule has 128 valence electrons. The third-order valence-corrected chi connectivity index (χ3v) is 4.30. The first-order chi connectivity index (χ1) is 11.2. The van der Waals surface area contributed by atoms with Crippen LogP contribution in [-0.4, -0.2) is 39.3 Å². The lowest BCUT2D eigenvalue weighted by molar-refractivity contribution is 0.0950. The van der Waals surface area contributed by atoms with Gasteiger partial charge in [0.25, 0.3) is 5.91 Å². The van der Waals surface area contributed by atoms with Gasteiger partial charge in [-0.25, -0.2) is 0 Å². The minimum absolute atomic E-state index is 0.142. The standard InChI is InChI=1S/C17H25ClN2O3/c1-3-23-16-14(18)9-13(10-15(16)22-2)17(21)20-8-6-12-5-4-7-19-11-12/h9-10,12,19H,3-8,11H2,1-2H3,(H,20,21). The Hall–Kier alpha value is -1.46. The van der Waals surface area contributed by atoms with Crippen LogP contribution in [-0.2, 0) is 0 Å². The second kappa shape index (κ2) is 8.99. The molecule has 1 unspecified atom stereocenters. The van der Waals surface area contributed by atoms with Crippen LogP contribution in [0.3, 0.4) is 0 Å². The monoisotopic (exact) mass is 340 g/mol. The Morgan fingerprint density at radius 3 is 2.96 bits per heavy atom. The largest absolute Gasteiger partial charge is 0.493 e. The van der Waals surface area contributed by atoms with Crippen LogP contribution in [0.15, 0.2) is 12.1 Å². The van der Waals surface area contributed by atoms with Crippen molar-refractivity contribution in [2.75, 3.05) is 33.4 Å². The molecule has 1 aromatic carbocycles. The van der Waals surface area contributed by atoms with Gasteiger partial charge in [0, 0.05) is 12.1 Å². The molecule has 0 aliphatic carbocycles. The van der Waals surface area contributed by atoms with Crippen molar-refractivity contribution in [3.63, 3.8) is 0 Å². The maximum atomic E-state index is 12.3. The molecule has 23 heavy (non-hydrogen) atoms. The highest BCUT2D eigenvalue weighted by atomic mass is 35.5. The SMILES string of the molecule is CCOc1c(Cl)cc(C(=O)NCCC2CCCNC2)cc1OC. The molecule has 0 aromatic heterocycles. The number of carbonyl (C=O) groups is 1. The van der Waals surface area contributed by atoms with E-state index in [-0.39, 0.29) is 5.91 Å². The fraction of sp³-hybridized carbons (Fsp3) is 0.588. The number of halogens is 1. The summed E-state index contributed by atoms with van der Waals surface area (Å²) in [5.41, 5.74) is 0.483. The molecule has 1 amide bonds. The second-order valence-corrected chi connectivity index (χ2v) is 6.09. The van der Waals surface area contributed by atoms with Crippen LogP contribution in [0.25, 0.3) is 0 Å². The van der Waals surface area contributed by atoms with Crippen molar-refractivity contribution in [2.45, 2.75) is 26.2 Å². The van der Waals surface area contributed by atoms with E-state index in [0.717, 1.165) is 19.5 Å². The molecule has 1 fully saturated rings. The summed E-state index contributed by atoms with van der Waals surface area (Å²) < 4.78 is 10.7. The number of rotatable bonds is 7. The van der Waals surface area contributed by atoms with Gasteiger partial charge in [-0.05, 0) is 57.3 Å². The Labute approximate surface area is 142 Å². The van der Waals surface area contributed by atoms with Gasteiger partial charge in [0.1, 0.15) is 0 Å². The summed E-state index contributed by atoms with van der Waals surface area (Å²) >= 11 is 6.20. The van der Waals surface area contributed by atoms with E-state index in [9.17, 15) is 4.79 Å². The van der Waals surface area contributed by atoms with Crippen LogP contribution < -0.4 is 20.1 Å². The lowest BCUT2D eigenvalue weighted by Gasteiger charge is -2.22. The lowest BCUT2D eigenvalue weighted by Crippen LogP contribution is -2.33. The Morgan fingerprint density at radius 1 is 1.48 bits per heavy atom. The molecule has 6 heteroatoms. The average molecular weight is 341 g/mol. The van der Waals surface area contributed by atoms with E-state index in [4.69, 9.17) is 21.1 Å². The van der Waals surface area contributed by atoms with Crippen LogP contribution in [0, 0.1) is 5.92 Å². The molecule has 5 nitrogen and oxygen atoms in total. The van der Waals surface area contributed by atoms with E-state index >= 15 is 0 Å². The van der Waals surface area contributed by atoms with Gasteiger partial charge in [0.05, 0.1) is 18.7 Å². The summed E-state index contributed by atoms with van der Waals surface area (Å²) in [4.78, 5) is 12.3. The zero-order valence-corrected chi connectivity index (χ0v) is 14.5. The number of amides is 1. The molecule has 0 radical (unpaired) electrons. The van der Waals surface area contributed by atoms with Crippen molar-refractivity contribution in [2.24, 2.45) is 5.92 Å². The topological polar surface area (TPSA) is 59.6 Å². The summed E-state index contributed by atoms with van der Waals surface area (Å²) in [5.74, 6) is 1.45. The first-order valence-electron chi connectivity index (χ1n) is 8.15. The fourth-order valence-electron chi connectivity index (χ4n) is 2.80. The zero-order valence-electron chi connectivity index (χ0n) is 13.8. The number of carbonyl (C=O) groups excluding carboxylic acids is 1. The normalized spacial score (nSPS) is 17.6. The van der Waals surface area contributed by atoms with Crippen molar-refractivity contribution >= 4 is 17.5 Å². The summed E-state index contributed by atoms with van der Waals surface area (Å²) in [5, 5.41) is 6.72. The number of benzene rings is 1. The molecular weight excluding hydrogens is 316 g/mol. The van der Waals surface area contributed by atoms with Gasteiger partial charge in [-0.2, -0.15) is 0 Å². The molecule has 1 aliphatic heterocycles. The smallest absolute Gasteiger partial charge is 0.251 e. The Kier molecular flexibility index (Phi) is 6.99. The third kappa shape index (κ3) is 5.01. The van der Waals surface area contributed by atoms with Crippen LogP contribution in [0.2, 0.25) is 5.02 Å². The number of piperidine rings is 1. The van der Waals surface area contributed by atoms with Crippen molar-refractivity contribution in [3.8, 4) is 11.5 Å². The molecule has 0 saturated carbocycles. The quantitative estimate of drug-likeness (QED) is 0.801. The first-order valence-corrected chi connectivity index (χ1v) is 8.52. The first kappa shape index (κ1) is 17.9. The fourth-order valence-corrected chi connectivity index (χ4v) is 3.06. The molecule has 0 bridgehead atoms. The minimum Gasteiger partial charge on any atom is -0.493 e. The highest BCUT2D eigenvalue weighted by Gasteiger charge is 2.17. The van der Waals surface area contributed by atoms with Crippen LogP contribution in [0.1, 0.15) is 36.5 Å². The van der Waals surface area contributed by atoms with Gasteiger partial charge in [0.15, 0.2) is 11.5 Å². The van der Waals surface area contributed by atoms with Gasteiger partial charge in [0.2, 0.25) is 0 Å². The van der Waals surface area contributed by atoms with Crippen molar-refractivity contribution in [1.82, 2.24) is 10.6 Å². The number of hydrogen-bond donors (Lipinski definition) is 2. The van der Waals surface area contributed by atoms with Gasteiger partial charge in [-0.3, -0.25) is 4.79 Å². The Balaban J connectivity index is 1.94. The molecule has 1 aliphatic rings. The zero-order chi connectivity index (χ0) is 16.7. The van der Waals surface area contributed by atoms with Crippen molar-refractivity contribution < 1.29 is 14.3 Å². The van der Waals surface area contributed by atoms with E-state index in [2.05, 4.69) is 10.6 Å². The second-order valence-electron chi connectivity index (χ2n) is 5.68. The predicted octanol–water partition coefficient (Wildman–Crippen LogP) is 2.87. The highest BCUT2D eigenvalue weighted by Crippen LogP contribution is 2.36. The average Bonchev–Trinajstić information content (AvgIpc) is 2.57. The summed E-state index contributed by atoms with van der Waals surface area (Å²) in [6, 6.07) is 3.28. The lowest BCUT2D eigenvalue weighted by atomic mass is 9.96. The maximum absolute atomic E-state index is 12.3. The number of methoxy groups -OCH3 is 1. The van der Waals surface area contributed by atoms with Gasteiger partial charge < -0.3 is 20.1 Å². The maximum Gasteiger partial charge on any atom is 0.251 e. The van der Waals surface area contributed by atoms with Crippen molar-refractivity contribution in [1.29, 1.82) is 0 Å². The molecule has 2 rings (SSSR count). The van der Waals surface area contributed by atoms with Gasteiger partial charge in [-0.1, -0.05) is 11.6 Å². The van der Waals surface area contributed by atoms with Gasteiger partial charge in [-0.15, -0.1) is 0 Å². The van der Waals surface area contributed by atoms with Crippen LogP contribution in [0.4, 0.5) is 0 Å². The molecule has 1 aromatic rings. The van der Waals surface area contributed by atoms with E-state index < -0.39 is 0 Å². The number of ether oxygens (including phenoxy) is 2.